The van der Waals surface area contributed by atoms with Gasteiger partial charge in [0.25, 0.3) is 5.91 Å². The average Bonchev–Trinajstić information content (AvgIpc) is 2.52. The molecule has 0 aliphatic carbocycles. The second kappa shape index (κ2) is 8.38. The Bertz CT molecular complexity index is 500. The molecule has 6 nitrogen and oxygen atoms in total. The lowest BCUT2D eigenvalue weighted by molar-refractivity contribution is -0.926. The highest BCUT2D eigenvalue weighted by Crippen LogP contribution is 2.11. The van der Waals surface area contributed by atoms with Gasteiger partial charge in [-0.3, -0.25) is 10.1 Å². The lowest BCUT2D eigenvalue weighted by Crippen LogP contribution is -3.15. The highest BCUT2D eigenvalue weighted by molar-refractivity contribution is 5.93. The largest absolute Gasteiger partial charge is 0.453 e. The fraction of sp³-hybridized carbons (Fsp3) is 0.500. The first-order valence-corrected chi connectivity index (χ1v) is 7.38. The molecule has 0 fully saturated rings. The van der Waals surface area contributed by atoms with Crippen molar-refractivity contribution in [2.45, 2.75) is 26.4 Å². The van der Waals surface area contributed by atoms with Crippen LogP contribution in [0.5, 0.6) is 0 Å². The molecule has 22 heavy (non-hydrogen) atoms. The quantitative estimate of drug-likeness (QED) is 0.800. The zero-order valence-corrected chi connectivity index (χ0v) is 14.0. The number of nitrogens with zero attached hydrogens (tertiary/aromatic N) is 1. The van der Waals surface area contributed by atoms with Gasteiger partial charge in [0.05, 0.1) is 13.7 Å². The lowest BCUT2D eigenvalue weighted by Gasteiger charge is -2.24. The number of rotatable bonds is 6. The maximum Gasteiger partial charge on any atom is 0.413 e. The van der Waals surface area contributed by atoms with Crippen LogP contribution in [-0.2, 0) is 16.1 Å². The highest BCUT2D eigenvalue weighted by Gasteiger charge is 2.25. The van der Waals surface area contributed by atoms with Gasteiger partial charge in [-0.15, -0.1) is 0 Å². The molecule has 1 aromatic carbocycles. The van der Waals surface area contributed by atoms with Crippen LogP contribution in [0.2, 0.25) is 0 Å². The van der Waals surface area contributed by atoms with Crippen molar-refractivity contribution < 1.29 is 19.2 Å². The fourth-order valence-corrected chi connectivity index (χ4v) is 2.20. The van der Waals surface area contributed by atoms with Crippen LogP contribution in [0, 0.1) is 0 Å². The Labute approximate surface area is 132 Å². The van der Waals surface area contributed by atoms with E-state index in [4.69, 9.17) is 0 Å². The van der Waals surface area contributed by atoms with Crippen molar-refractivity contribution in [2.75, 3.05) is 32.6 Å². The third-order valence-electron chi connectivity index (χ3n) is 3.75. The summed E-state index contributed by atoms with van der Waals surface area (Å²) >= 11 is 0. The highest BCUT2D eigenvalue weighted by atomic mass is 16.5. The molecule has 1 unspecified atom stereocenters. The molecule has 0 aliphatic heterocycles. The van der Waals surface area contributed by atoms with Gasteiger partial charge < -0.3 is 14.5 Å². The molecule has 2 amide bonds. The summed E-state index contributed by atoms with van der Waals surface area (Å²) in [5, 5.41) is 2.23. The number of ether oxygens (including phenoxy) is 1. The van der Waals surface area contributed by atoms with E-state index >= 15 is 0 Å². The van der Waals surface area contributed by atoms with E-state index in [2.05, 4.69) is 34.3 Å². The molecule has 1 aromatic rings. The smallest absolute Gasteiger partial charge is 0.413 e. The van der Waals surface area contributed by atoms with Gasteiger partial charge in [0.1, 0.15) is 6.54 Å². The predicted octanol–water partition coefficient (Wildman–Crippen LogP) is 0.428. The van der Waals surface area contributed by atoms with Crippen LogP contribution in [0.25, 0.3) is 0 Å². The molecule has 1 rings (SSSR count). The van der Waals surface area contributed by atoms with Crippen LogP contribution >= 0.6 is 0 Å². The molecule has 0 saturated carbocycles. The lowest BCUT2D eigenvalue weighted by atomic mass is 10.1. The fourth-order valence-electron chi connectivity index (χ4n) is 2.20. The van der Waals surface area contributed by atoms with Crippen molar-refractivity contribution in [3.63, 3.8) is 0 Å². The summed E-state index contributed by atoms with van der Waals surface area (Å²) in [5.41, 5.74) is 2.29. The molecular formula is C16H26N3O3+. The maximum absolute atomic E-state index is 12.0. The van der Waals surface area contributed by atoms with Gasteiger partial charge in [-0.2, -0.15) is 0 Å². The van der Waals surface area contributed by atoms with E-state index in [-0.39, 0.29) is 11.9 Å². The van der Waals surface area contributed by atoms with Crippen molar-refractivity contribution in [3.8, 4) is 0 Å². The number of nitrogens with one attached hydrogen (secondary N) is 2. The van der Waals surface area contributed by atoms with Gasteiger partial charge >= 0.3 is 6.09 Å². The Morgan fingerprint density at radius 2 is 1.86 bits per heavy atom. The van der Waals surface area contributed by atoms with Crippen molar-refractivity contribution in [2.24, 2.45) is 0 Å². The number of carbonyl (C=O) groups excluding carboxylic acids is 2. The Morgan fingerprint density at radius 1 is 1.27 bits per heavy atom. The standard InChI is InChI=1S/C16H25N3O3/c1-6-19(12(2)15(20)17-16(21)22-5)11-13-7-9-14(10-8-13)18(3)4/h7-10,12H,6,11H2,1-5H3,(H,17,20,21)/p+1/t12-/m1/s1. The van der Waals surface area contributed by atoms with Gasteiger partial charge in [0, 0.05) is 25.3 Å². The molecule has 2 atom stereocenters. The molecule has 0 saturated heterocycles. The molecule has 0 spiro atoms. The summed E-state index contributed by atoms with van der Waals surface area (Å²) in [5.74, 6) is -0.325. The summed E-state index contributed by atoms with van der Waals surface area (Å²) < 4.78 is 4.45. The molecule has 0 radical (unpaired) electrons. The minimum atomic E-state index is -0.720. The van der Waals surface area contributed by atoms with Crippen molar-refractivity contribution >= 4 is 17.7 Å². The topological polar surface area (TPSA) is 63.1 Å². The number of hydrogen-bond donors (Lipinski definition) is 2. The predicted molar refractivity (Wildman–Crippen MR) is 86.0 cm³/mol. The molecule has 0 aliphatic rings. The SMILES string of the molecule is CC[NH+](Cc1ccc(N(C)C)cc1)[C@H](C)C(=O)NC(=O)OC. The molecule has 0 aromatic heterocycles. The molecule has 122 valence electrons. The zero-order chi connectivity index (χ0) is 16.7. The number of quaternary nitrogens is 1. The Hall–Kier alpha value is -2.08. The first-order chi connectivity index (χ1) is 10.4. The van der Waals surface area contributed by atoms with Gasteiger partial charge in [-0.25, -0.2) is 4.79 Å². The third-order valence-corrected chi connectivity index (χ3v) is 3.75. The summed E-state index contributed by atoms with van der Waals surface area (Å²) in [6.45, 7) is 5.34. The molecule has 6 heteroatoms. The number of hydrogen-bond acceptors (Lipinski definition) is 4. The first kappa shape index (κ1) is 18.0. The number of likely N-dealkylation sites (N-methyl/N-ethyl adjacent to an activating group) is 1. The summed E-state index contributed by atoms with van der Waals surface area (Å²) in [4.78, 5) is 26.3. The van der Waals surface area contributed by atoms with E-state index < -0.39 is 6.09 Å². The van der Waals surface area contributed by atoms with E-state index in [0.29, 0.717) is 0 Å². The summed E-state index contributed by atoms with van der Waals surface area (Å²) in [7, 11) is 5.24. The second-order valence-electron chi connectivity index (χ2n) is 5.45. The Kier molecular flexibility index (Phi) is 6.85. The van der Waals surface area contributed by atoms with Gasteiger partial charge in [0.15, 0.2) is 6.04 Å². The normalized spacial score (nSPS) is 13.1. The van der Waals surface area contributed by atoms with Crippen LogP contribution < -0.4 is 15.1 Å². The summed E-state index contributed by atoms with van der Waals surface area (Å²) in [6.07, 6.45) is -0.720. The van der Waals surface area contributed by atoms with Gasteiger partial charge in [0.2, 0.25) is 0 Å². The van der Waals surface area contributed by atoms with E-state index in [1.165, 1.54) is 7.11 Å². The van der Waals surface area contributed by atoms with E-state index in [1.807, 2.05) is 32.8 Å². The molecular weight excluding hydrogens is 282 g/mol. The van der Waals surface area contributed by atoms with Crippen LogP contribution in [0.15, 0.2) is 24.3 Å². The molecule has 0 bridgehead atoms. The number of anilines is 1. The van der Waals surface area contributed by atoms with Crippen molar-refractivity contribution in [3.05, 3.63) is 29.8 Å². The zero-order valence-electron chi connectivity index (χ0n) is 14.0. The minimum Gasteiger partial charge on any atom is -0.453 e. The van der Waals surface area contributed by atoms with Crippen LogP contribution in [0.1, 0.15) is 19.4 Å². The maximum atomic E-state index is 12.0. The summed E-state index contributed by atoms with van der Waals surface area (Å²) in [6, 6.07) is 7.91. The average molecular weight is 308 g/mol. The first-order valence-electron chi connectivity index (χ1n) is 7.38. The number of methoxy groups -OCH3 is 1. The third kappa shape index (κ3) is 5.04. The van der Waals surface area contributed by atoms with Gasteiger partial charge in [-0.1, -0.05) is 12.1 Å². The molecule has 0 heterocycles. The number of carbonyl (C=O) groups is 2. The second-order valence-corrected chi connectivity index (χ2v) is 5.45. The minimum absolute atomic E-state index is 0.325. The van der Waals surface area contributed by atoms with E-state index in [0.717, 1.165) is 29.2 Å². The number of imide groups is 1. The van der Waals surface area contributed by atoms with Crippen LogP contribution in [0.3, 0.4) is 0 Å². The number of alkyl carbamates (subject to hydrolysis) is 1. The van der Waals surface area contributed by atoms with Crippen molar-refractivity contribution in [1.82, 2.24) is 5.32 Å². The van der Waals surface area contributed by atoms with Crippen LogP contribution in [-0.4, -0.2) is 45.8 Å². The van der Waals surface area contributed by atoms with E-state index in [9.17, 15) is 9.59 Å². The number of amides is 2. The molecule has 2 N–H and O–H groups in total. The van der Waals surface area contributed by atoms with Crippen molar-refractivity contribution in [1.29, 1.82) is 0 Å². The monoisotopic (exact) mass is 308 g/mol. The Balaban J connectivity index is 2.71. The Morgan fingerprint density at radius 3 is 2.32 bits per heavy atom. The number of benzene rings is 1. The van der Waals surface area contributed by atoms with E-state index in [1.54, 1.807) is 0 Å². The van der Waals surface area contributed by atoms with Gasteiger partial charge in [-0.05, 0) is 26.0 Å². The van der Waals surface area contributed by atoms with Crippen LogP contribution in [0.4, 0.5) is 10.5 Å².